The monoisotopic (exact) mass is 326 g/mol. The van der Waals surface area contributed by atoms with E-state index in [0.29, 0.717) is 23.4 Å². The Hall–Kier alpha value is -3.35. The molecule has 5 N–H and O–H groups in total. The molecule has 0 bridgehead atoms. The number of nitrogens with two attached hydrogens (primary N) is 1. The SMILES string of the molecule is NC(=O)Nc1cccc(C(=O)NCCNC(=O)c2ccccc2)c1. The van der Waals surface area contributed by atoms with E-state index in [-0.39, 0.29) is 18.4 Å². The zero-order valence-corrected chi connectivity index (χ0v) is 12.9. The van der Waals surface area contributed by atoms with Gasteiger partial charge in [0, 0.05) is 29.9 Å². The molecule has 0 aliphatic heterocycles. The van der Waals surface area contributed by atoms with Gasteiger partial charge >= 0.3 is 6.03 Å². The van der Waals surface area contributed by atoms with E-state index in [9.17, 15) is 14.4 Å². The van der Waals surface area contributed by atoms with E-state index < -0.39 is 6.03 Å². The maximum atomic E-state index is 12.0. The van der Waals surface area contributed by atoms with Crippen LogP contribution in [0, 0.1) is 0 Å². The predicted octanol–water partition coefficient (Wildman–Crippen LogP) is 1.34. The second-order valence-corrected chi connectivity index (χ2v) is 4.95. The lowest BCUT2D eigenvalue weighted by atomic mass is 10.2. The fourth-order valence-corrected chi connectivity index (χ4v) is 2.03. The number of hydrogen-bond donors (Lipinski definition) is 4. The third kappa shape index (κ3) is 5.13. The van der Waals surface area contributed by atoms with Gasteiger partial charge in [-0.25, -0.2) is 4.79 Å². The molecule has 124 valence electrons. The zero-order valence-electron chi connectivity index (χ0n) is 12.9. The maximum absolute atomic E-state index is 12.0. The van der Waals surface area contributed by atoms with Crippen LogP contribution in [0.25, 0.3) is 0 Å². The van der Waals surface area contributed by atoms with Crippen LogP contribution in [0.5, 0.6) is 0 Å². The highest BCUT2D eigenvalue weighted by Crippen LogP contribution is 2.10. The lowest BCUT2D eigenvalue weighted by Crippen LogP contribution is -2.34. The summed E-state index contributed by atoms with van der Waals surface area (Å²) < 4.78 is 0. The minimum atomic E-state index is -0.698. The van der Waals surface area contributed by atoms with Crippen molar-refractivity contribution in [1.82, 2.24) is 10.6 Å². The molecule has 0 saturated heterocycles. The molecular formula is C17H18N4O3. The molecule has 0 aromatic heterocycles. The highest BCUT2D eigenvalue weighted by molar-refractivity contribution is 5.97. The summed E-state index contributed by atoms with van der Waals surface area (Å²) in [6, 6.07) is 14.5. The number of carbonyl (C=O) groups is 3. The summed E-state index contributed by atoms with van der Waals surface area (Å²) in [7, 11) is 0. The van der Waals surface area contributed by atoms with E-state index in [1.807, 2.05) is 6.07 Å². The minimum absolute atomic E-state index is 0.197. The van der Waals surface area contributed by atoms with Crippen molar-refractivity contribution >= 4 is 23.5 Å². The minimum Gasteiger partial charge on any atom is -0.351 e. The molecular weight excluding hydrogens is 308 g/mol. The molecule has 7 heteroatoms. The Labute approximate surface area is 139 Å². The lowest BCUT2D eigenvalue weighted by molar-refractivity contribution is 0.0927. The molecule has 0 spiro atoms. The van der Waals surface area contributed by atoms with Crippen molar-refractivity contribution in [3.05, 3.63) is 65.7 Å². The molecule has 0 radical (unpaired) electrons. The van der Waals surface area contributed by atoms with Gasteiger partial charge in [-0.2, -0.15) is 0 Å². The summed E-state index contributed by atoms with van der Waals surface area (Å²) >= 11 is 0. The van der Waals surface area contributed by atoms with Crippen LogP contribution in [-0.2, 0) is 0 Å². The fraction of sp³-hybridized carbons (Fsp3) is 0.118. The highest BCUT2D eigenvalue weighted by Gasteiger charge is 2.07. The number of benzene rings is 2. The van der Waals surface area contributed by atoms with Crippen molar-refractivity contribution < 1.29 is 14.4 Å². The van der Waals surface area contributed by atoms with Crippen LogP contribution in [0.3, 0.4) is 0 Å². The van der Waals surface area contributed by atoms with Crippen LogP contribution in [0.15, 0.2) is 54.6 Å². The van der Waals surface area contributed by atoms with Crippen molar-refractivity contribution in [2.24, 2.45) is 5.73 Å². The fourth-order valence-electron chi connectivity index (χ4n) is 2.03. The molecule has 24 heavy (non-hydrogen) atoms. The van der Waals surface area contributed by atoms with Gasteiger partial charge in [0.05, 0.1) is 0 Å². The van der Waals surface area contributed by atoms with Gasteiger partial charge in [0.2, 0.25) is 0 Å². The number of amides is 4. The first-order chi connectivity index (χ1) is 11.6. The second kappa shape index (κ2) is 8.33. The molecule has 0 saturated carbocycles. The maximum Gasteiger partial charge on any atom is 0.316 e. The quantitative estimate of drug-likeness (QED) is 0.601. The van der Waals surface area contributed by atoms with Gasteiger partial charge in [-0.05, 0) is 30.3 Å². The van der Waals surface area contributed by atoms with E-state index in [4.69, 9.17) is 5.73 Å². The summed E-state index contributed by atoms with van der Waals surface area (Å²) in [5, 5.41) is 7.81. The van der Waals surface area contributed by atoms with E-state index in [2.05, 4.69) is 16.0 Å². The number of anilines is 1. The van der Waals surface area contributed by atoms with Crippen LogP contribution in [0.1, 0.15) is 20.7 Å². The molecule has 4 amide bonds. The molecule has 0 atom stereocenters. The van der Waals surface area contributed by atoms with Gasteiger partial charge in [0.1, 0.15) is 0 Å². The number of hydrogen-bond acceptors (Lipinski definition) is 3. The average molecular weight is 326 g/mol. The van der Waals surface area contributed by atoms with Crippen LogP contribution in [0.4, 0.5) is 10.5 Å². The summed E-state index contributed by atoms with van der Waals surface area (Å²) in [6.45, 7) is 0.587. The topological polar surface area (TPSA) is 113 Å². The van der Waals surface area contributed by atoms with Gasteiger partial charge in [-0.1, -0.05) is 24.3 Å². The van der Waals surface area contributed by atoms with Crippen molar-refractivity contribution in [3.8, 4) is 0 Å². The summed E-state index contributed by atoms with van der Waals surface area (Å²) in [5.74, 6) is -0.505. The predicted molar refractivity (Wildman–Crippen MR) is 90.8 cm³/mol. The van der Waals surface area contributed by atoms with E-state index in [0.717, 1.165) is 0 Å². The van der Waals surface area contributed by atoms with Gasteiger partial charge < -0.3 is 21.7 Å². The lowest BCUT2D eigenvalue weighted by Gasteiger charge is -2.08. The van der Waals surface area contributed by atoms with Gasteiger partial charge in [0.25, 0.3) is 11.8 Å². The molecule has 0 fully saturated rings. The zero-order chi connectivity index (χ0) is 17.4. The van der Waals surface area contributed by atoms with E-state index in [1.54, 1.807) is 42.5 Å². The van der Waals surface area contributed by atoms with Crippen molar-refractivity contribution in [2.75, 3.05) is 18.4 Å². The van der Waals surface area contributed by atoms with Gasteiger partial charge in [-0.15, -0.1) is 0 Å². The first kappa shape index (κ1) is 17.0. The number of carbonyl (C=O) groups excluding carboxylic acids is 3. The molecule has 0 aliphatic rings. The normalized spacial score (nSPS) is 9.83. The largest absolute Gasteiger partial charge is 0.351 e. The number of nitrogens with one attached hydrogen (secondary N) is 3. The summed E-state index contributed by atoms with van der Waals surface area (Å²) in [6.07, 6.45) is 0. The molecule has 2 rings (SSSR count). The first-order valence-corrected chi connectivity index (χ1v) is 7.34. The molecule has 0 aliphatic carbocycles. The van der Waals surface area contributed by atoms with Gasteiger partial charge in [0.15, 0.2) is 0 Å². The molecule has 0 heterocycles. The third-order valence-corrected chi connectivity index (χ3v) is 3.12. The second-order valence-electron chi connectivity index (χ2n) is 4.95. The Morgan fingerprint density at radius 1 is 0.792 bits per heavy atom. The smallest absolute Gasteiger partial charge is 0.316 e. The summed E-state index contributed by atoms with van der Waals surface area (Å²) in [4.78, 5) is 34.7. The molecule has 7 nitrogen and oxygen atoms in total. The van der Waals surface area contributed by atoms with E-state index >= 15 is 0 Å². The average Bonchev–Trinajstić information content (AvgIpc) is 2.58. The standard InChI is InChI=1S/C17H18N4O3/c18-17(24)21-14-8-4-7-13(11-14)16(23)20-10-9-19-15(22)12-5-2-1-3-6-12/h1-8,11H,9-10H2,(H,19,22)(H,20,23)(H3,18,21,24). The van der Waals surface area contributed by atoms with Crippen LogP contribution in [0.2, 0.25) is 0 Å². The van der Waals surface area contributed by atoms with Crippen molar-refractivity contribution in [3.63, 3.8) is 0 Å². The Kier molecular flexibility index (Phi) is 5.90. The number of primary amides is 1. The molecule has 2 aromatic rings. The van der Waals surface area contributed by atoms with Crippen LogP contribution < -0.4 is 21.7 Å². The van der Waals surface area contributed by atoms with Crippen LogP contribution in [-0.4, -0.2) is 30.9 Å². The first-order valence-electron chi connectivity index (χ1n) is 7.34. The number of urea groups is 1. The van der Waals surface area contributed by atoms with E-state index in [1.165, 1.54) is 6.07 Å². The van der Waals surface area contributed by atoms with Gasteiger partial charge in [-0.3, -0.25) is 9.59 Å². The summed E-state index contributed by atoms with van der Waals surface area (Å²) in [5.41, 5.74) is 6.42. The Balaban J connectivity index is 1.79. The molecule has 0 unspecified atom stereocenters. The molecule has 2 aromatic carbocycles. The Morgan fingerprint density at radius 2 is 1.38 bits per heavy atom. The van der Waals surface area contributed by atoms with Crippen molar-refractivity contribution in [2.45, 2.75) is 0 Å². The Bertz CT molecular complexity index is 732. The van der Waals surface area contributed by atoms with Crippen LogP contribution >= 0.6 is 0 Å². The Morgan fingerprint density at radius 3 is 2.00 bits per heavy atom. The van der Waals surface area contributed by atoms with Crippen molar-refractivity contribution in [1.29, 1.82) is 0 Å². The highest BCUT2D eigenvalue weighted by atomic mass is 16.2. The number of rotatable bonds is 6. The third-order valence-electron chi connectivity index (χ3n) is 3.12.